The number of rotatable bonds is 0. The van der Waals surface area contributed by atoms with Crippen LogP contribution in [0, 0.1) is 0 Å². The molecule has 0 N–H and O–H groups in total. The summed E-state index contributed by atoms with van der Waals surface area (Å²) < 4.78 is 0. The number of benzene rings is 1. The third-order valence-electron chi connectivity index (χ3n) is 4.89. The van der Waals surface area contributed by atoms with E-state index in [1.165, 1.54) is 26.7 Å². The van der Waals surface area contributed by atoms with Crippen molar-refractivity contribution >= 4 is 28.8 Å². The van der Waals surface area contributed by atoms with Crippen LogP contribution in [0.5, 0.6) is 0 Å². The zero-order chi connectivity index (χ0) is 14.9. The summed E-state index contributed by atoms with van der Waals surface area (Å²) in [7, 11) is -0.508. The van der Waals surface area contributed by atoms with Gasteiger partial charge < -0.3 is 0 Å². The van der Waals surface area contributed by atoms with Crippen molar-refractivity contribution in [2.24, 2.45) is 0 Å². The maximum absolute atomic E-state index is 4.69. The van der Waals surface area contributed by atoms with Gasteiger partial charge in [0.15, 0.2) is 0 Å². The number of fused-ring (bicyclic) bond motifs is 5. The van der Waals surface area contributed by atoms with E-state index in [0.717, 1.165) is 11.0 Å². The van der Waals surface area contributed by atoms with E-state index in [0.29, 0.717) is 0 Å². The van der Waals surface area contributed by atoms with Crippen LogP contribution in [0.15, 0.2) is 54.9 Å². The van der Waals surface area contributed by atoms with Crippen molar-refractivity contribution in [2.45, 2.75) is 19.3 Å². The molecule has 0 saturated heterocycles. The second kappa shape index (κ2) is 3.97. The third kappa shape index (κ3) is 1.32. The molecule has 1 aliphatic rings. The van der Waals surface area contributed by atoms with Gasteiger partial charge in [0, 0.05) is 33.3 Å². The van der Waals surface area contributed by atoms with Gasteiger partial charge >= 0.3 is 0 Å². The van der Waals surface area contributed by atoms with Crippen LogP contribution < -0.4 is 0 Å². The van der Waals surface area contributed by atoms with Crippen LogP contribution in [0.3, 0.4) is 0 Å². The van der Waals surface area contributed by atoms with E-state index in [9.17, 15) is 0 Å². The maximum Gasteiger partial charge on any atom is 0.101 e. The highest BCUT2D eigenvalue weighted by molar-refractivity contribution is 7.68. The fraction of sp³-hybridized carbons (Fsp3) is 0.158. The molecule has 3 aromatic heterocycles. The summed E-state index contributed by atoms with van der Waals surface area (Å²) >= 11 is 0. The van der Waals surface area contributed by atoms with Crippen molar-refractivity contribution in [3.8, 4) is 5.30 Å². The first-order valence-electron chi connectivity index (χ1n) is 7.54. The van der Waals surface area contributed by atoms with Crippen LogP contribution >= 0.6 is 7.53 Å². The Kier molecular flexibility index (Phi) is 2.23. The Morgan fingerprint density at radius 2 is 1.64 bits per heavy atom. The Hall–Kier alpha value is -2.18. The molecule has 0 saturated carbocycles. The monoisotopic (exact) mass is 302 g/mol. The summed E-state index contributed by atoms with van der Waals surface area (Å²) in [5.41, 5.74) is 5.06. The summed E-state index contributed by atoms with van der Waals surface area (Å²) in [5.74, 6) is 0. The van der Waals surface area contributed by atoms with Crippen molar-refractivity contribution in [3.05, 3.63) is 66.0 Å². The Morgan fingerprint density at radius 3 is 2.55 bits per heavy atom. The number of hydrogen-bond acceptors (Lipinski definition) is 2. The van der Waals surface area contributed by atoms with E-state index in [4.69, 9.17) is 0 Å². The predicted molar refractivity (Wildman–Crippen MR) is 93.2 cm³/mol. The smallest absolute Gasteiger partial charge is 0.101 e. The van der Waals surface area contributed by atoms with Gasteiger partial charge in [-0.3, -0.25) is 9.97 Å². The number of aromatic nitrogens is 2. The maximum atomic E-state index is 4.69. The van der Waals surface area contributed by atoms with Crippen molar-refractivity contribution in [1.29, 1.82) is 0 Å². The molecule has 0 aliphatic carbocycles. The molecule has 3 heteroatoms. The Balaban J connectivity index is 2.15. The average Bonchev–Trinajstić information content (AvgIpc) is 2.88. The van der Waals surface area contributed by atoms with Crippen molar-refractivity contribution < 1.29 is 0 Å². The standard InChI is InChI=1S/C19H15N2P/c1-19(2)12-6-3-4-7-14(12)22-15-8-5-10-20-16(15)17-18(22)13(19)9-11-21-17/h3-11H,1-2H3. The lowest BCUT2D eigenvalue weighted by molar-refractivity contribution is 0.649. The lowest BCUT2D eigenvalue weighted by atomic mass is 9.78. The van der Waals surface area contributed by atoms with Crippen LogP contribution in [-0.4, -0.2) is 9.97 Å². The number of pyridine rings is 2. The molecule has 0 spiro atoms. The van der Waals surface area contributed by atoms with Crippen LogP contribution in [0.4, 0.5) is 0 Å². The molecular formula is C19H15N2P. The van der Waals surface area contributed by atoms with Gasteiger partial charge in [-0.05, 0) is 29.3 Å². The van der Waals surface area contributed by atoms with Gasteiger partial charge in [0.05, 0.1) is 0 Å². The molecular weight excluding hydrogens is 287 g/mol. The second-order valence-corrected chi connectivity index (χ2v) is 8.49. The molecule has 1 unspecified atom stereocenters. The first kappa shape index (κ1) is 12.4. The SMILES string of the molecule is CC1(C)c2ccccc2-p2c3cccnc3c3nccc1c32. The van der Waals surface area contributed by atoms with E-state index in [-0.39, 0.29) is 5.41 Å². The topological polar surface area (TPSA) is 25.8 Å². The quantitative estimate of drug-likeness (QED) is 0.435. The molecule has 0 radical (unpaired) electrons. The Bertz CT molecular complexity index is 1060. The summed E-state index contributed by atoms with van der Waals surface area (Å²) in [6.07, 6.45) is 3.83. The normalized spacial score (nSPS) is 16.0. The molecule has 5 rings (SSSR count). The summed E-state index contributed by atoms with van der Waals surface area (Å²) in [6, 6.07) is 15.4. The molecule has 4 heterocycles. The first-order valence-corrected chi connectivity index (χ1v) is 8.88. The van der Waals surface area contributed by atoms with Gasteiger partial charge in [0.2, 0.25) is 0 Å². The molecule has 22 heavy (non-hydrogen) atoms. The summed E-state index contributed by atoms with van der Waals surface area (Å²) in [4.78, 5) is 9.33. The first-order chi connectivity index (χ1) is 10.7. The minimum atomic E-state index is -0.508. The molecule has 0 bridgehead atoms. The largest absolute Gasteiger partial charge is 0.254 e. The van der Waals surface area contributed by atoms with Crippen molar-refractivity contribution in [1.82, 2.24) is 9.97 Å². The fourth-order valence-corrected chi connectivity index (χ4v) is 6.98. The van der Waals surface area contributed by atoms with E-state index in [2.05, 4.69) is 66.3 Å². The molecule has 1 aliphatic heterocycles. The zero-order valence-electron chi connectivity index (χ0n) is 12.5. The van der Waals surface area contributed by atoms with Crippen LogP contribution in [-0.2, 0) is 5.41 Å². The molecule has 106 valence electrons. The van der Waals surface area contributed by atoms with Crippen LogP contribution in [0.2, 0.25) is 0 Å². The lowest BCUT2D eigenvalue weighted by Crippen LogP contribution is -2.21. The van der Waals surface area contributed by atoms with E-state index >= 15 is 0 Å². The number of hydrogen-bond donors (Lipinski definition) is 0. The highest BCUT2D eigenvalue weighted by Crippen LogP contribution is 2.62. The fourth-order valence-electron chi connectivity index (χ4n) is 3.83. The zero-order valence-corrected chi connectivity index (χ0v) is 13.4. The van der Waals surface area contributed by atoms with E-state index < -0.39 is 7.53 Å². The van der Waals surface area contributed by atoms with Gasteiger partial charge in [-0.1, -0.05) is 45.6 Å². The second-order valence-electron chi connectivity index (χ2n) is 6.40. The Morgan fingerprint density at radius 1 is 0.818 bits per heavy atom. The minimum absolute atomic E-state index is 0.0183. The average molecular weight is 302 g/mol. The molecule has 0 amide bonds. The van der Waals surface area contributed by atoms with E-state index in [1.54, 1.807) is 0 Å². The van der Waals surface area contributed by atoms with Gasteiger partial charge in [-0.25, -0.2) is 0 Å². The third-order valence-corrected chi connectivity index (χ3v) is 7.51. The molecule has 1 atom stereocenters. The van der Waals surface area contributed by atoms with Gasteiger partial charge in [-0.15, -0.1) is 0 Å². The highest BCUT2D eigenvalue weighted by Gasteiger charge is 2.35. The van der Waals surface area contributed by atoms with E-state index in [1.807, 2.05) is 12.4 Å². The number of nitrogens with zero attached hydrogens (tertiary/aromatic N) is 2. The summed E-state index contributed by atoms with van der Waals surface area (Å²) in [6.45, 7) is 4.65. The van der Waals surface area contributed by atoms with Gasteiger partial charge in [0.1, 0.15) is 11.0 Å². The molecule has 2 nitrogen and oxygen atoms in total. The van der Waals surface area contributed by atoms with Crippen molar-refractivity contribution in [2.75, 3.05) is 0 Å². The lowest BCUT2D eigenvalue weighted by Gasteiger charge is -2.33. The minimum Gasteiger partial charge on any atom is -0.254 e. The molecule has 0 fully saturated rings. The molecule has 4 aromatic rings. The van der Waals surface area contributed by atoms with Crippen LogP contribution in [0.1, 0.15) is 25.0 Å². The highest BCUT2D eigenvalue weighted by atomic mass is 31.1. The predicted octanol–water partition coefficient (Wildman–Crippen LogP) is 5.40. The summed E-state index contributed by atoms with van der Waals surface area (Å²) in [5, 5.41) is 4.25. The molecule has 1 aromatic carbocycles. The van der Waals surface area contributed by atoms with Crippen molar-refractivity contribution in [3.63, 3.8) is 0 Å². The van der Waals surface area contributed by atoms with Crippen LogP contribution in [0.25, 0.3) is 26.6 Å². The van der Waals surface area contributed by atoms with Gasteiger partial charge in [0.25, 0.3) is 0 Å². The Labute approximate surface area is 129 Å². The van der Waals surface area contributed by atoms with Gasteiger partial charge in [-0.2, -0.15) is 0 Å².